The third-order valence-electron chi connectivity index (χ3n) is 3.95. The van der Waals surface area contributed by atoms with Crippen LogP contribution in [0, 0.1) is 10.1 Å². The lowest BCUT2D eigenvalue weighted by molar-refractivity contribution is -0.402. The van der Waals surface area contributed by atoms with Gasteiger partial charge in [0, 0.05) is 5.39 Å². The lowest BCUT2D eigenvalue weighted by atomic mass is 10.1. The molecule has 7 heteroatoms. The second-order valence-electron chi connectivity index (χ2n) is 5.64. The molecule has 0 atom stereocenters. The highest BCUT2D eigenvalue weighted by Gasteiger charge is 2.14. The van der Waals surface area contributed by atoms with Gasteiger partial charge in [0.2, 0.25) is 5.78 Å². The highest BCUT2D eigenvalue weighted by molar-refractivity contribution is 6.09. The molecule has 2 aromatic carbocycles. The zero-order valence-electron chi connectivity index (χ0n) is 13.4. The van der Waals surface area contributed by atoms with Gasteiger partial charge in [0.1, 0.15) is 17.1 Å². The Morgan fingerprint density at radius 3 is 2.73 bits per heavy atom. The van der Waals surface area contributed by atoms with Crippen LogP contribution in [-0.2, 0) is 0 Å². The van der Waals surface area contributed by atoms with Crippen LogP contribution < -0.4 is 0 Å². The summed E-state index contributed by atoms with van der Waals surface area (Å²) >= 11 is 0. The van der Waals surface area contributed by atoms with E-state index in [4.69, 9.17) is 8.83 Å². The quantitative estimate of drug-likeness (QED) is 0.230. The van der Waals surface area contributed by atoms with Crippen molar-refractivity contribution in [2.24, 2.45) is 4.99 Å². The van der Waals surface area contributed by atoms with Crippen molar-refractivity contribution >= 4 is 39.6 Å². The molecule has 4 rings (SSSR count). The van der Waals surface area contributed by atoms with Crippen molar-refractivity contribution in [3.8, 4) is 0 Å². The second-order valence-corrected chi connectivity index (χ2v) is 5.64. The van der Waals surface area contributed by atoms with Crippen molar-refractivity contribution in [3.63, 3.8) is 0 Å². The minimum atomic E-state index is -0.638. The fourth-order valence-electron chi connectivity index (χ4n) is 2.74. The monoisotopic (exact) mass is 348 g/mol. The fourth-order valence-corrected chi connectivity index (χ4v) is 2.74. The number of nitrogens with zero attached hydrogens (tertiary/aromatic N) is 2. The van der Waals surface area contributed by atoms with E-state index < -0.39 is 4.92 Å². The van der Waals surface area contributed by atoms with Crippen LogP contribution in [0.5, 0.6) is 0 Å². The molecular formula is C19H12N2O5. The molecule has 0 N–H and O–H groups in total. The standard InChI is InChI=1S/C19H12N2O5/c22-16(11-20-10-13-6-8-19(25-13)21(23)24)18-9-15-14-4-2-1-3-12(14)5-7-17(15)26-18/h1-10H,11H2. The lowest BCUT2D eigenvalue weighted by Gasteiger charge is -1.96. The number of hydrogen-bond donors (Lipinski definition) is 0. The smallest absolute Gasteiger partial charge is 0.433 e. The van der Waals surface area contributed by atoms with Gasteiger partial charge in [0.25, 0.3) is 0 Å². The van der Waals surface area contributed by atoms with Gasteiger partial charge in [0.15, 0.2) is 11.5 Å². The minimum Gasteiger partial charge on any atom is -0.453 e. The van der Waals surface area contributed by atoms with E-state index in [2.05, 4.69) is 4.99 Å². The van der Waals surface area contributed by atoms with Crippen molar-refractivity contribution in [1.82, 2.24) is 0 Å². The first-order valence-electron chi connectivity index (χ1n) is 7.80. The molecule has 0 saturated carbocycles. The number of furan rings is 2. The SMILES string of the molecule is O=C(CN=Cc1ccc([N+](=O)[O-])o1)c1cc2c(ccc3ccccc32)o1. The van der Waals surface area contributed by atoms with E-state index in [0.29, 0.717) is 5.58 Å². The van der Waals surface area contributed by atoms with E-state index in [9.17, 15) is 14.9 Å². The van der Waals surface area contributed by atoms with Gasteiger partial charge in [-0.05, 0) is 29.0 Å². The molecule has 0 spiro atoms. The summed E-state index contributed by atoms with van der Waals surface area (Å²) in [5.74, 6) is -0.233. The number of benzene rings is 2. The van der Waals surface area contributed by atoms with Gasteiger partial charge in [-0.15, -0.1) is 0 Å². The number of hydrogen-bond acceptors (Lipinski definition) is 6. The number of ketones is 1. The fraction of sp³-hybridized carbons (Fsp3) is 0.0526. The van der Waals surface area contributed by atoms with E-state index in [1.54, 1.807) is 6.07 Å². The van der Waals surface area contributed by atoms with Gasteiger partial charge >= 0.3 is 5.88 Å². The summed E-state index contributed by atoms with van der Waals surface area (Å²) in [6.07, 6.45) is 1.28. The third kappa shape index (κ3) is 2.86. The molecule has 0 bridgehead atoms. The first-order valence-corrected chi connectivity index (χ1v) is 7.80. The summed E-state index contributed by atoms with van der Waals surface area (Å²) in [6, 6.07) is 16.0. The number of fused-ring (bicyclic) bond motifs is 3. The summed E-state index contributed by atoms with van der Waals surface area (Å²) in [4.78, 5) is 26.2. The second kappa shape index (κ2) is 6.29. The van der Waals surface area contributed by atoms with E-state index >= 15 is 0 Å². The van der Waals surface area contributed by atoms with E-state index in [-0.39, 0.29) is 29.7 Å². The minimum absolute atomic E-state index is 0.147. The van der Waals surface area contributed by atoms with Crippen LogP contribution >= 0.6 is 0 Å². The van der Waals surface area contributed by atoms with E-state index in [1.165, 1.54) is 18.3 Å². The maximum atomic E-state index is 12.3. The number of carbonyl (C=O) groups excluding carboxylic acids is 1. The Kier molecular flexibility index (Phi) is 3.81. The zero-order chi connectivity index (χ0) is 18.1. The Bertz CT molecular complexity index is 1170. The van der Waals surface area contributed by atoms with Crippen LogP contribution in [0.3, 0.4) is 0 Å². The number of carbonyl (C=O) groups is 1. The van der Waals surface area contributed by atoms with Crippen LogP contribution in [0.15, 0.2) is 68.4 Å². The highest BCUT2D eigenvalue weighted by atomic mass is 16.6. The van der Waals surface area contributed by atoms with Crippen LogP contribution in [-0.4, -0.2) is 23.5 Å². The maximum Gasteiger partial charge on any atom is 0.433 e. The number of aliphatic imine (C=N–C) groups is 1. The van der Waals surface area contributed by atoms with Crippen LogP contribution in [0.2, 0.25) is 0 Å². The topological polar surface area (TPSA) is 98.8 Å². The summed E-state index contributed by atoms with van der Waals surface area (Å²) in [5.41, 5.74) is 0.637. The highest BCUT2D eigenvalue weighted by Crippen LogP contribution is 2.28. The normalized spacial score (nSPS) is 11.5. The third-order valence-corrected chi connectivity index (χ3v) is 3.95. The molecule has 0 radical (unpaired) electrons. The Balaban J connectivity index is 1.55. The van der Waals surface area contributed by atoms with Gasteiger partial charge in [-0.3, -0.25) is 19.9 Å². The largest absolute Gasteiger partial charge is 0.453 e. The maximum absolute atomic E-state index is 12.3. The Morgan fingerprint density at radius 1 is 1.08 bits per heavy atom. The predicted molar refractivity (Wildman–Crippen MR) is 95.9 cm³/mol. The molecule has 7 nitrogen and oxygen atoms in total. The Morgan fingerprint density at radius 2 is 1.92 bits per heavy atom. The molecule has 128 valence electrons. The molecule has 0 saturated heterocycles. The first-order chi connectivity index (χ1) is 12.6. The van der Waals surface area contributed by atoms with Crippen LogP contribution in [0.1, 0.15) is 16.3 Å². The molecule has 2 heterocycles. The molecule has 0 aliphatic carbocycles. The van der Waals surface area contributed by atoms with Crippen LogP contribution in [0.4, 0.5) is 5.88 Å². The summed E-state index contributed by atoms with van der Waals surface area (Å²) in [5, 5.41) is 13.5. The van der Waals surface area contributed by atoms with Crippen LogP contribution in [0.25, 0.3) is 21.7 Å². The lowest BCUT2D eigenvalue weighted by Crippen LogP contribution is -2.01. The molecule has 0 unspecified atom stereocenters. The van der Waals surface area contributed by atoms with Gasteiger partial charge in [0.05, 0.1) is 12.3 Å². The molecular weight excluding hydrogens is 336 g/mol. The Hall–Kier alpha value is -3.74. The van der Waals surface area contributed by atoms with Crippen molar-refractivity contribution < 1.29 is 18.6 Å². The average molecular weight is 348 g/mol. The first kappa shape index (κ1) is 15.8. The molecule has 0 amide bonds. The average Bonchev–Trinajstić information content (AvgIpc) is 3.28. The van der Waals surface area contributed by atoms with E-state index in [1.807, 2.05) is 36.4 Å². The Labute approximate surface area is 146 Å². The molecule has 2 aromatic heterocycles. The summed E-state index contributed by atoms with van der Waals surface area (Å²) in [6.45, 7) is -0.147. The predicted octanol–water partition coefficient (Wildman–Crippen LogP) is 4.39. The van der Waals surface area contributed by atoms with E-state index in [0.717, 1.165) is 16.2 Å². The molecule has 26 heavy (non-hydrogen) atoms. The van der Waals surface area contributed by atoms with Crippen molar-refractivity contribution in [2.75, 3.05) is 6.54 Å². The summed E-state index contributed by atoms with van der Waals surface area (Å²) < 4.78 is 10.6. The van der Waals surface area contributed by atoms with Crippen molar-refractivity contribution in [2.45, 2.75) is 0 Å². The van der Waals surface area contributed by atoms with Gasteiger partial charge in [-0.25, -0.2) is 0 Å². The number of Topliss-reactive ketones (excluding diaryl/α,β-unsaturated/α-hetero) is 1. The number of rotatable bonds is 5. The molecule has 4 aromatic rings. The zero-order valence-corrected chi connectivity index (χ0v) is 13.4. The van der Waals surface area contributed by atoms with Gasteiger partial charge in [-0.2, -0.15) is 0 Å². The number of nitro groups is 1. The molecule has 0 aliphatic rings. The van der Waals surface area contributed by atoms with Gasteiger partial charge in [-0.1, -0.05) is 30.3 Å². The summed E-state index contributed by atoms with van der Waals surface area (Å²) in [7, 11) is 0. The van der Waals surface area contributed by atoms with Gasteiger partial charge < -0.3 is 8.83 Å². The molecule has 0 aliphatic heterocycles. The molecule has 0 fully saturated rings. The van der Waals surface area contributed by atoms with Crippen molar-refractivity contribution in [3.05, 3.63) is 76.2 Å². The van der Waals surface area contributed by atoms with Crippen molar-refractivity contribution in [1.29, 1.82) is 0 Å².